The second-order valence-corrected chi connectivity index (χ2v) is 10.5. The first-order chi connectivity index (χ1) is 13.5. The van der Waals surface area contributed by atoms with Crippen LogP contribution in [0.5, 0.6) is 0 Å². The van der Waals surface area contributed by atoms with Gasteiger partial charge in [0.25, 0.3) is 0 Å². The second kappa shape index (κ2) is 8.19. The Hall–Kier alpha value is -1.33. The first kappa shape index (κ1) is 20.0. The van der Waals surface area contributed by atoms with Crippen LogP contribution in [0.3, 0.4) is 0 Å². The molecule has 0 saturated carbocycles. The molecule has 8 nitrogen and oxygen atoms in total. The van der Waals surface area contributed by atoms with Crippen molar-refractivity contribution in [2.24, 2.45) is 0 Å². The molecule has 0 aromatic carbocycles. The molecule has 10 heteroatoms. The van der Waals surface area contributed by atoms with E-state index in [4.69, 9.17) is 4.74 Å². The molecule has 3 aliphatic heterocycles. The summed E-state index contributed by atoms with van der Waals surface area (Å²) in [4.78, 5) is 28.8. The van der Waals surface area contributed by atoms with Crippen LogP contribution in [0.1, 0.15) is 25.7 Å². The van der Waals surface area contributed by atoms with Crippen LogP contribution < -0.4 is 0 Å². The van der Waals surface area contributed by atoms with E-state index in [-0.39, 0.29) is 28.7 Å². The highest BCUT2D eigenvalue weighted by atomic mass is 32.3. The maximum absolute atomic E-state index is 13.1. The number of likely N-dealkylation sites (tertiary alicyclic amines) is 1. The molecule has 3 aliphatic rings. The molecule has 0 spiro atoms. The number of hydrogen-bond donors (Lipinski definition) is 0. The molecule has 2 atom stereocenters. The number of nitrogens with zero attached hydrogens (tertiary/aromatic N) is 3. The molecule has 2 unspecified atom stereocenters. The third-order valence-corrected chi connectivity index (χ3v) is 9.07. The zero-order valence-corrected chi connectivity index (χ0v) is 17.3. The number of rotatable bonds is 4. The van der Waals surface area contributed by atoms with E-state index in [2.05, 4.69) is 0 Å². The fourth-order valence-electron chi connectivity index (χ4n) is 4.33. The van der Waals surface area contributed by atoms with Crippen LogP contribution in [-0.4, -0.2) is 81.9 Å². The number of amides is 2. The average Bonchev–Trinajstić information content (AvgIpc) is 3.40. The van der Waals surface area contributed by atoms with E-state index in [0.717, 1.165) is 12.8 Å². The zero-order valence-electron chi connectivity index (χ0n) is 15.7. The molecule has 4 heterocycles. The van der Waals surface area contributed by atoms with Crippen molar-refractivity contribution < 1.29 is 23.1 Å². The molecule has 154 valence electrons. The van der Waals surface area contributed by atoms with Gasteiger partial charge in [0.2, 0.25) is 16.0 Å². The van der Waals surface area contributed by atoms with Gasteiger partial charge in [-0.2, -0.15) is 0 Å². The number of hydrogen-bond acceptors (Lipinski definition) is 6. The topological polar surface area (TPSA) is 93.2 Å². The molecule has 4 rings (SSSR count). The summed E-state index contributed by atoms with van der Waals surface area (Å²) >= 11 is 1.18. The van der Waals surface area contributed by atoms with Gasteiger partial charge in [0, 0.05) is 38.3 Å². The molecule has 1 aromatic heterocycles. The van der Waals surface area contributed by atoms with Gasteiger partial charge >= 0.3 is 0 Å². The lowest BCUT2D eigenvalue weighted by molar-refractivity contribution is -0.147. The van der Waals surface area contributed by atoms with E-state index in [1.807, 2.05) is 4.90 Å². The van der Waals surface area contributed by atoms with Crippen molar-refractivity contribution in [1.82, 2.24) is 14.1 Å². The van der Waals surface area contributed by atoms with Crippen LogP contribution in [0.2, 0.25) is 0 Å². The smallest absolute Gasteiger partial charge is 0.248 e. The molecule has 3 fully saturated rings. The number of thiophene rings is 1. The summed E-state index contributed by atoms with van der Waals surface area (Å²) in [5, 5.41) is 1.73. The van der Waals surface area contributed by atoms with E-state index in [1.165, 1.54) is 15.6 Å². The quantitative estimate of drug-likeness (QED) is 0.668. The van der Waals surface area contributed by atoms with Crippen molar-refractivity contribution >= 4 is 33.6 Å². The Morgan fingerprint density at radius 2 is 2.00 bits per heavy atom. The highest BCUT2D eigenvalue weighted by molar-refractivity contribution is 7.97. The van der Waals surface area contributed by atoms with Gasteiger partial charge in [0.15, 0.2) is 10.4 Å². The zero-order chi connectivity index (χ0) is 19.7. The van der Waals surface area contributed by atoms with Gasteiger partial charge in [-0.05, 0) is 37.1 Å². The number of carbonyl (C=O) groups is 2. The highest BCUT2D eigenvalue weighted by Gasteiger charge is 2.46. The van der Waals surface area contributed by atoms with E-state index >= 15 is 0 Å². The maximum atomic E-state index is 13.1. The van der Waals surface area contributed by atoms with Crippen molar-refractivity contribution in [3.63, 3.8) is 0 Å². The minimum Gasteiger partial charge on any atom is -0.592 e. The summed E-state index contributed by atoms with van der Waals surface area (Å²) < 4.78 is 32.6. The largest absolute Gasteiger partial charge is 0.592 e. The van der Waals surface area contributed by atoms with E-state index in [1.54, 1.807) is 22.4 Å². The molecular formula is C18H25N3O5S2. The van der Waals surface area contributed by atoms with Gasteiger partial charge in [-0.15, -0.1) is 4.31 Å². The second-order valence-electron chi connectivity index (χ2n) is 7.40. The van der Waals surface area contributed by atoms with Crippen molar-refractivity contribution in [3.05, 3.63) is 17.5 Å². The van der Waals surface area contributed by atoms with Crippen LogP contribution in [0.15, 0.2) is 21.7 Å². The normalized spacial score (nSPS) is 27.2. The lowest BCUT2D eigenvalue weighted by Gasteiger charge is -2.41. The minimum atomic E-state index is -3.63. The Morgan fingerprint density at radius 1 is 1.21 bits per heavy atom. The molecule has 0 bridgehead atoms. The molecule has 0 aliphatic carbocycles. The van der Waals surface area contributed by atoms with Crippen LogP contribution in [0, 0.1) is 0 Å². The summed E-state index contributed by atoms with van der Waals surface area (Å²) in [7, 11) is -3.63. The Morgan fingerprint density at radius 3 is 2.68 bits per heavy atom. The van der Waals surface area contributed by atoms with Crippen molar-refractivity contribution in [2.45, 2.75) is 42.0 Å². The Kier molecular flexibility index (Phi) is 5.84. The predicted octanol–water partition coefficient (Wildman–Crippen LogP) is 0.966. The fourth-order valence-corrected chi connectivity index (χ4v) is 7.10. The molecule has 28 heavy (non-hydrogen) atoms. The number of carbonyl (C=O) groups excluding carboxylic acids is 2. The average molecular weight is 428 g/mol. The van der Waals surface area contributed by atoms with Gasteiger partial charge in [0.05, 0.1) is 6.61 Å². The summed E-state index contributed by atoms with van der Waals surface area (Å²) in [5.41, 5.74) is 0. The molecule has 2 amide bonds. The summed E-state index contributed by atoms with van der Waals surface area (Å²) in [6.45, 7) is 2.79. The number of piperidine rings is 1. The van der Waals surface area contributed by atoms with Gasteiger partial charge in [-0.1, -0.05) is 15.5 Å². The Bertz CT molecular complexity index is 763. The maximum Gasteiger partial charge on any atom is 0.248 e. The van der Waals surface area contributed by atoms with E-state index in [9.17, 15) is 18.4 Å². The first-order valence-electron chi connectivity index (χ1n) is 9.70. The molecule has 3 saturated heterocycles. The predicted molar refractivity (Wildman–Crippen MR) is 103 cm³/mol. The van der Waals surface area contributed by atoms with Crippen LogP contribution in [0.4, 0.5) is 0 Å². The minimum absolute atomic E-state index is 0.0139. The van der Waals surface area contributed by atoms with E-state index in [0.29, 0.717) is 45.6 Å². The highest BCUT2D eigenvalue weighted by Crippen LogP contribution is 2.33. The third-order valence-electron chi connectivity index (χ3n) is 5.79. The SMILES string of the molecule is O=C(C1CCCN1[S+](=O)([O-])c1cccs1)N1CCC(N2CCOCC2=O)CC1. The Labute approximate surface area is 169 Å². The third kappa shape index (κ3) is 3.76. The fraction of sp³-hybridized carbons (Fsp3) is 0.667. The Balaban J connectivity index is 1.39. The van der Waals surface area contributed by atoms with Gasteiger partial charge in [-0.3, -0.25) is 9.59 Å². The number of ether oxygens (including phenoxy) is 1. The van der Waals surface area contributed by atoms with Gasteiger partial charge in [0.1, 0.15) is 12.6 Å². The molecular weight excluding hydrogens is 402 g/mol. The van der Waals surface area contributed by atoms with Crippen LogP contribution in [0.25, 0.3) is 0 Å². The summed E-state index contributed by atoms with van der Waals surface area (Å²) in [6, 6.07) is 2.82. The van der Waals surface area contributed by atoms with Crippen molar-refractivity contribution in [2.75, 3.05) is 39.4 Å². The summed E-state index contributed by atoms with van der Waals surface area (Å²) in [5.74, 6) is -0.0931. The number of morpholine rings is 1. The van der Waals surface area contributed by atoms with Crippen molar-refractivity contribution in [3.8, 4) is 0 Å². The molecule has 0 N–H and O–H groups in total. The van der Waals surface area contributed by atoms with Gasteiger partial charge < -0.3 is 19.1 Å². The first-order valence-corrected chi connectivity index (χ1v) is 12.0. The standard InChI is InChI=1S/C18H25N3O5S2/c22-16-13-26-11-10-20(16)14-5-8-19(9-6-14)18(23)15-3-1-7-21(15)28(24,25)17-4-2-12-27-17/h2,4,12,14-15H,1,3,5-11,13H2. The molecule has 0 radical (unpaired) electrons. The van der Waals surface area contributed by atoms with Gasteiger partial charge in [-0.25, -0.2) is 0 Å². The monoisotopic (exact) mass is 427 g/mol. The van der Waals surface area contributed by atoms with Crippen LogP contribution in [-0.2, 0) is 28.9 Å². The van der Waals surface area contributed by atoms with Crippen molar-refractivity contribution in [1.29, 1.82) is 0 Å². The number of sulfonamides is 1. The lowest BCUT2D eigenvalue weighted by atomic mass is 10.0. The van der Waals surface area contributed by atoms with E-state index < -0.39 is 16.4 Å². The lowest BCUT2D eigenvalue weighted by Crippen LogP contribution is -2.55. The summed E-state index contributed by atoms with van der Waals surface area (Å²) in [6.07, 6.45) is 2.70. The molecule has 1 aromatic rings. The van der Waals surface area contributed by atoms with Crippen LogP contribution >= 0.6 is 11.3 Å².